The number of nitrogens with zero attached hydrogens (tertiary/aromatic N) is 1. The maximum Gasteiger partial charge on any atom is 0.321 e. The van der Waals surface area contributed by atoms with Crippen molar-refractivity contribution < 1.29 is 9.59 Å². The van der Waals surface area contributed by atoms with Gasteiger partial charge in [0.05, 0.1) is 5.92 Å². The van der Waals surface area contributed by atoms with Gasteiger partial charge in [-0.3, -0.25) is 4.79 Å². The molecule has 100 valence electrons. The topological polar surface area (TPSA) is 75.4 Å². The van der Waals surface area contributed by atoms with Gasteiger partial charge < -0.3 is 16.0 Å². The molecule has 1 aliphatic carbocycles. The van der Waals surface area contributed by atoms with E-state index in [1.807, 2.05) is 0 Å². The maximum atomic E-state index is 12.0. The molecule has 6 heteroatoms. The lowest BCUT2D eigenvalue weighted by molar-refractivity contribution is -0.121. The Morgan fingerprint density at radius 3 is 2.94 bits per heavy atom. The summed E-state index contributed by atoms with van der Waals surface area (Å²) in [7, 11) is 0. The van der Waals surface area contributed by atoms with Crippen molar-refractivity contribution in [3.63, 3.8) is 0 Å². The number of halogens is 1. The van der Waals surface area contributed by atoms with E-state index in [2.05, 4.69) is 5.32 Å². The fourth-order valence-electron chi connectivity index (χ4n) is 2.65. The predicted molar refractivity (Wildman–Crippen MR) is 69.0 cm³/mol. The van der Waals surface area contributed by atoms with Crippen LogP contribution in [0.2, 0.25) is 0 Å². The lowest BCUT2D eigenvalue weighted by atomic mass is 9.85. The Kier molecular flexibility index (Phi) is 4.11. The second kappa shape index (κ2) is 5.61. The number of nitrogens with two attached hydrogens (primary N) is 1. The first-order valence-corrected chi connectivity index (χ1v) is 6.80. The molecule has 0 aromatic carbocycles. The number of primary amides is 1. The van der Waals surface area contributed by atoms with Crippen LogP contribution in [0.15, 0.2) is 11.3 Å². The molecule has 2 rings (SSSR count). The van der Waals surface area contributed by atoms with Crippen LogP contribution in [-0.4, -0.2) is 35.8 Å². The summed E-state index contributed by atoms with van der Waals surface area (Å²) in [6, 6.07) is -0.172. The molecule has 0 fully saturated rings. The van der Waals surface area contributed by atoms with Gasteiger partial charge in [-0.2, -0.15) is 0 Å². The highest BCUT2D eigenvalue weighted by molar-refractivity contribution is 6.18. The van der Waals surface area contributed by atoms with E-state index in [0.717, 1.165) is 37.0 Å². The van der Waals surface area contributed by atoms with E-state index in [0.29, 0.717) is 19.0 Å². The number of amides is 3. The molecular weight excluding hydrogens is 254 g/mol. The Labute approximate surface area is 111 Å². The van der Waals surface area contributed by atoms with Gasteiger partial charge in [0.1, 0.15) is 0 Å². The third-order valence-corrected chi connectivity index (χ3v) is 3.78. The van der Waals surface area contributed by atoms with Crippen LogP contribution in [0.25, 0.3) is 0 Å². The third-order valence-electron chi connectivity index (χ3n) is 3.61. The van der Waals surface area contributed by atoms with Crippen molar-refractivity contribution in [2.45, 2.75) is 25.7 Å². The van der Waals surface area contributed by atoms with Gasteiger partial charge >= 0.3 is 6.03 Å². The maximum absolute atomic E-state index is 12.0. The third kappa shape index (κ3) is 2.61. The van der Waals surface area contributed by atoms with E-state index in [9.17, 15) is 9.59 Å². The molecule has 3 amide bonds. The van der Waals surface area contributed by atoms with Gasteiger partial charge in [-0.25, -0.2) is 4.79 Å². The number of hydrogen-bond acceptors (Lipinski definition) is 2. The summed E-state index contributed by atoms with van der Waals surface area (Å²) in [6.45, 7) is 1.18. The highest BCUT2D eigenvalue weighted by atomic mass is 35.5. The SMILES string of the molecule is NC(=O)C1CCCC2=C1NC(=O)N(CCCl)CC2. The number of hydrogen-bond donors (Lipinski definition) is 2. The molecule has 0 spiro atoms. The van der Waals surface area contributed by atoms with Crippen LogP contribution in [0, 0.1) is 5.92 Å². The molecule has 0 aromatic rings. The van der Waals surface area contributed by atoms with Crippen LogP contribution in [-0.2, 0) is 4.79 Å². The molecule has 1 atom stereocenters. The van der Waals surface area contributed by atoms with Crippen LogP contribution in [0.5, 0.6) is 0 Å². The summed E-state index contributed by atoms with van der Waals surface area (Å²) >= 11 is 5.68. The Balaban J connectivity index is 2.20. The fraction of sp³-hybridized carbons (Fsp3) is 0.667. The number of carbonyl (C=O) groups excluding carboxylic acids is 2. The van der Waals surface area contributed by atoms with Crippen molar-refractivity contribution in [3.05, 3.63) is 11.3 Å². The number of alkyl halides is 1. The molecule has 18 heavy (non-hydrogen) atoms. The summed E-state index contributed by atoms with van der Waals surface area (Å²) in [6.07, 6.45) is 3.42. The Morgan fingerprint density at radius 2 is 2.28 bits per heavy atom. The Hall–Kier alpha value is -1.23. The molecule has 5 nitrogen and oxygen atoms in total. The van der Waals surface area contributed by atoms with Gasteiger partial charge in [0, 0.05) is 24.7 Å². The van der Waals surface area contributed by atoms with E-state index in [4.69, 9.17) is 17.3 Å². The van der Waals surface area contributed by atoms with Crippen LogP contribution >= 0.6 is 11.6 Å². The summed E-state index contributed by atoms with van der Waals surface area (Å²) < 4.78 is 0. The summed E-state index contributed by atoms with van der Waals surface area (Å²) in [5.74, 6) is -0.279. The quantitative estimate of drug-likeness (QED) is 0.757. The molecule has 1 aliphatic heterocycles. The summed E-state index contributed by atoms with van der Waals surface area (Å²) in [4.78, 5) is 25.1. The zero-order valence-electron chi connectivity index (χ0n) is 10.2. The summed E-state index contributed by atoms with van der Waals surface area (Å²) in [5, 5.41) is 2.85. The molecule has 0 radical (unpaired) electrons. The zero-order chi connectivity index (χ0) is 13.1. The molecule has 1 unspecified atom stereocenters. The van der Waals surface area contributed by atoms with Crippen LogP contribution in [0.3, 0.4) is 0 Å². The van der Waals surface area contributed by atoms with Crippen molar-refractivity contribution in [1.29, 1.82) is 0 Å². The molecular formula is C12H18ClN3O2. The van der Waals surface area contributed by atoms with Crippen molar-refractivity contribution in [3.8, 4) is 0 Å². The van der Waals surface area contributed by atoms with E-state index >= 15 is 0 Å². The van der Waals surface area contributed by atoms with Gasteiger partial charge in [0.15, 0.2) is 0 Å². The van der Waals surface area contributed by atoms with Crippen LogP contribution in [0.4, 0.5) is 4.79 Å². The first kappa shape index (κ1) is 13.2. The Bertz CT molecular complexity index is 395. The van der Waals surface area contributed by atoms with Gasteiger partial charge in [-0.15, -0.1) is 11.6 Å². The lowest BCUT2D eigenvalue weighted by Crippen LogP contribution is -2.42. The number of nitrogens with one attached hydrogen (secondary N) is 1. The van der Waals surface area contributed by atoms with Crippen molar-refractivity contribution in [2.24, 2.45) is 11.7 Å². The molecule has 0 saturated carbocycles. The van der Waals surface area contributed by atoms with E-state index in [1.165, 1.54) is 0 Å². The average molecular weight is 272 g/mol. The first-order valence-electron chi connectivity index (χ1n) is 6.26. The largest absolute Gasteiger partial charge is 0.369 e. The normalized spacial score (nSPS) is 24.4. The first-order chi connectivity index (χ1) is 8.63. The highest BCUT2D eigenvalue weighted by Gasteiger charge is 2.31. The molecule has 3 N–H and O–H groups in total. The van der Waals surface area contributed by atoms with Crippen LogP contribution in [0.1, 0.15) is 25.7 Å². The minimum absolute atomic E-state index is 0.172. The van der Waals surface area contributed by atoms with Gasteiger partial charge in [0.25, 0.3) is 0 Å². The molecule has 1 heterocycles. The van der Waals surface area contributed by atoms with E-state index in [1.54, 1.807) is 4.90 Å². The smallest absolute Gasteiger partial charge is 0.321 e. The van der Waals surface area contributed by atoms with Crippen molar-refractivity contribution in [1.82, 2.24) is 10.2 Å². The molecule has 2 aliphatic rings. The average Bonchev–Trinajstić information content (AvgIpc) is 2.49. The molecule has 0 aromatic heterocycles. The van der Waals surface area contributed by atoms with E-state index in [-0.39, 0.29) is 17.9 Å². The molecule has 0 saturated heterocycles. The van der Waals surface area contributed by atoms with Crippen molar-refractivity contribution in [2.75, 3.05) is 19.0 Å². The summed E-state index contributed by atoms with van der Waals surface area (Å²) in [5.41, 5.74) is 7.31. The fourth-order valence-corrected chi connectivity index (χ4v) is 2.85. The monoisotopic (exact) mass is 271 g/mol. The molecule has 0 bridgehead atoms. The predicted octanol–water partition coefficient (Wildman–Crippen LogP) is 1.18. The zero-order valence-corrected chi connectivity index (χ0v) is 11.0. The van der Waals surface area contributed by atoms with Gasteiger partial charge in [0.2, 0.25) is 5.91 Å². The minimum atomic E-state index is -0.353. The van der Waals surface area contributed by atoms with Gasteiger partial charge in [-0.05, 0) is 31.3 Å². The Morgan fingerprint density at radius 1 is 1.50 bits per heavy atom. The number of urea groups is 1. The van der Waals surface area contributed by atoms with Crippen LogP contribution < -0.4 is 11.1 Å². The standard InChI is InChI=1S/C12H18ClN3O2/c13-5-7-16-6-4-8-2-1-3-9(11(14)17)10(8)15-12(16)18/h9H,1-7H2,(H2,14,17)(H,15,18). The van der Waals surface area contributed by atoms with E-state index < -0.39 is 0 Å². The highest BCUT2D eigenvalue weighted by Crippen LogP contribution is 2.31. The van der Waals surface area contributed by atoms with Crippen molar-refractivity contribution >= 4 is 23.5 Å². The van der Waals surface area contributed by atoms with Gasteiger partial charge in [-0.1, -0.05) is 0 Å². The lowest BCUT2D eigenvalue weighted by Gasteiger charge is -2.25. The second-order valence-electron chi connectivity index (χ2n) is 4.72. The number of rotatable bonds is 3. The second-order valence-corrected chi connectivity index (χ2v) is 5.10. The minimum Gasteiger partial charge on any atom is -0.369 e. The number of carbonyl (C=O) groups is 2.